The minimum Gasteiger partial charge on any atom is -0.332 e. The monoisotopic (exact) mass is 281 g/mol. The standard InChI is InChI=1S/C19H23NO/c1-14(2)20(13-17-8-6-5-7-9-17)19(21)18-12-15(3)10-11-16(18)4/h5-12,14H,13H2,1-4H3. The van der Waals surface area contributed by atoms with Crippen molar-refractivity contribution >= 4 is 5.91 Å². The molecule has 0 bridgehead atoms. The Morgan fingerprint density at radius 1 is 1.05 bits per heavy atom. The molecule has 0 aliphatic rings. The van der Waals surface area contributed by atoms with E-state index in [0.717, 1.165) is 22.3 Å². The van der Waals surface area contributed by atoms with Gasteiger partial charge in [0.15, 0.2) is 0 Å². The van der Waals surface area contributed by atoms with Gasteiger partial charge in [0.1, 0.15) is 0 Å². The summed E-state index contributed by atoms with van der Waals surface area (Å²) < 4.78 is 0. The maximum absolute atomic E-state index is 12.9. The molecule has 2 heteroatoms. The quantitative estimate of drug-likeness (QED) is 0.815. The van der Waals surface area contributed by atoms with Crippen molar-refractivity contribution in [2.75, 3.05) is 0 Å². The van der Waals surface area contributed by atoms with E-state index in [1.807, 2.05) is 55.1 Å². The van der Waals surface area contributed by atoms with Crippen LogP contribution in [0.1, 0.15) is 40.9 Å². The second-order valence-electron chi connectivity index (χ2n) is 5.83. The number of rotatable bonds is 4. The zero-order chi connectivity index (χ0) is 15.4. The van der Waals surface area contributed by atoms with Gasteiger partial charge in [-0.1, -0.05) is 48.0 Å². The molecular formula is C19H23NO. The van der Waals surface area contributed by atoms with Crippen molar-refractivity contribution in [3.05, 3.63) is 70.8 Å². The molecule has 0 N–H and O–H groups in total. The number of carbonyl (C=O) groups excluding carboxylic acids is 1. The average Bonchev–Trinajstić information content (AvgIpc) is 2.47. The zero-order valence-electron chi connectivity index (χ0n) is 13.3. The van der Waals surface area contributed by atoms with Crippen molar-refractivity contribution in [3.8, 4) is 0 Å². The summed E-state index contributed by atoms with van der Waals surface area (Å²) in [7, 11) is 0. The lowest BCUT2D eigenvalue weighted by Crippen LogP contribution is -2.36. The van der Waals surface area contributed by atoms with Crippen LogP contribution in [0.5, 0.6) is 0 Å². The van der Waals surface area contributed by atoms with E-state index in [0.29, 0.717) is 6.54 Å². The van der Waals surface area contributed by atoms with Crippen LogP contribution >= 0.6 is 0 Å². The van der Waals surface area contributed by atoms with Crippen LogP contribution in [-0.4, -0.2) is 16.8 Å². The first kappa shape index (κ1) is 15.3. The van der Waals surface area contributed by atoms with Crippen molar-refractivity contribution < 1.29 is 4.79 Å². The number of nitrogens with zero attached hydrogens (tertiary/aromatic N) is 1. The van der Waals surface area contributed by atoms with E-state index in [4.69, 9.17) is 0 Å². The second-order valence-corrected chi connectivity index (χ2v) is 5.83. The number of benzene rings is 2. The maximum Gasteiger partial charge on any atom is 0.254 e. The fourth-order valence-electron chi connectivity index (χ4n) is 2.39. The summed E-state index contributed by atoms with van der Waals surface area (Å²) in [6.45, 7) is 8.78. The van der Waals surface area contributed by atoms with Gasteiger partial charge in [-0.05, 0) is 44.9 Å². The highest BCUT2D eigenvalue weighted by atomic mass is 16.2. The molecule has 0 saturated carbocycles. The first-order chi connectivity index (χ1) is 9.99. The van der Waals surface area contributed by atoms with E-state index >= 15 is 0 Å². The van der Waals surface area contributed by atoms with Crippen LogP contribution in [0, 0.1) is 13.8 Å². The molecule has 1 amide bonds. The first-order valence-corrected chi connectivity index (χ1v) is 7.41. The van der Waals surface area contributed by atoms with Gasteiger partial charge in [-0.25, -0.2) is 0 Å². The van der Waals surface area contributed by atoms with E-state index < -0.39 is 0 Å². The predicted octanol–water partition coefficient (Wildman–Crippen LogP) is 4.35. The fraction of sp³-hybridized carbons (Fsp3) is 0.316. The van der Waals surface area contributed by atoms with E-state index in [-0.39, 0.29) is 11.9 Å². The highest BCUT2D eigenvalue weighted by molar-refractivity contribution is 5.96. The van der Waals surface area contributed by atoms with Gasteiger partial charge in [-0.3, -0.25) is 4.79 Å². The Kier molecular flexibility index (Phi) is 4.79. The lowest BCUT2D eigenvalue weighted by atomic mass is 10.0. The number of carbonyl (C=O) groups is 1. The van der Waals surface area contributed by atoms with E-state index in [1.54, 1.807) is 0 Å². The third-order valence-electron chi connectivity index (χ3n) is 3.70. The zero-order valence-corrected chi connectivity index (χ0v) is 13.3. The highest BCUT2D eigenvalue weighted by Crippen LogP contribution is 2.17. The average molecular weight is 281 g/mol. The van der Waals surface area contributed by atoms with Gasteiger partial charge in [0.05, 0.1) is 0 Å². The van der Waals surface area contributed by atoms with Crippen LogP contribution in [0.4, 0.5) is 0 Å². The second kappa shape index (κ2) is 6.57. The highest BCUT2D eigenvalue weighted by Gasteiger charge is 2.20. The van der Waals surface area contributed by atoms with Gasteiger partial charge in [0.25, 0.3) is 5.91 Å². The largest absolute Gasteiger partial charge is 0.332 e. The Hall–Kier alpha value is -2.09. The molecule has 0 fully saturated rings. The molecule has 0 radical (unpaired) electrons. The third kappa shape index (κ3) is 3.72. The maximum atomic E-state index is 12.9. The summed E-state index contributed by atoms with van der Waals surface area (Å²) in [6, 6.07) is 16.3. The fourth-order valence-corrected chi connectivity index (χ4v) is 2.39. The molecule has 0 aromatic heterocycles. The number of hydrogen-bond donors (Lipinski definition) is 0. The normalized spacial score (nSPS) is 10.7. The number of amides is 1. The lowest BCUT2D eigenvalue weighted by Gasteiger charge is -2.27. The molecule has 2 nitrogen and oxygen atoms in total. The van der Waals surface area contributed by atoms with Crippen LogP contribution in [0.25, 0.3) is 0 Å². The molecule has 21 heavy (non-hydrogen) atoms. The molecule has 0 heterocycles. The van der Waals surface area contributed by atoms with Crippen LogP contribution in [-0.2, 0) is 6.54 Å². The van der Waals surface area contributed by atoms with Gasteiger partial charge < -0.3 is 4.90 Å². The van der Waals surface area contributed by atoms with Gasteiger partial charge in [-0.15, -0.1) is 0 Å². The van der Waals surface area contributed by atoms with Gasteiger partial charge >= 0.3 is 0 Å². The molecule has 0 aliphatic heterocycles. The Labute approximate surface area is 127 Å². The molecule has 0 saturated heterocycles. The summed E-state index contributed by atoms with van der Waals surface area (Å²) in [4.78, 5) is 14.8. The summed E-state index contributed by atoms with van der Waals surface area (Å²) in [6.07, 6.45) is 0. The summed E-state index contributed by atoms with van der Waals surface area (Å²) in [5.41, 5.74) is 4.11. The smallest absolute Gasteiger partial charge is 0.254 e. The van der Waals surface area contributed by atoms with Gasteiger partial charge in [-0.2, -0.15) is 0 Å². The van der Waals surface area contributed by atoms with Crippen molar-refractivity contribution in [2.45, 2.75) is 40.3 Å². The number of aryl methyl sites for hydroxylation is 2. The minimum absolute atomic E-state index is 0.107. The van der Waals surface area contributed by atoms with Crippen LogP contribution in [0.3, 0.4) is 0 Å². The van der Waals surface area contributed by atoms with Crippen molar-refractivity contribution in [1.29, 1.82) is 0 Å². The van der Waals surface area contributed by atoms with Crippen LogP contribution in [0.2, 0.25) is 0 Å². The van der Waals surface area contributed by atoms with E-state index in [9.17, 15) is 4.79 Å². The van der Waals surface area contributed by atoms with Gasteiger partial charge in [0, 0.05) is 18.2 Å². The molecule has 2 rings (SSSR count). The summed E-state index contributed by atoms with van der Waals surface area (Å²) in [5.74, 6) is 0.107. The third-order valence-corrected chi connectivity index (χ3v) is 3.70. The number of hydrogen-bond acceptors (Lipinski definition) is 1. The Bertz CT molecular complexity index is 617. The molecule has 2 aromatic rings. The van der Waals surface area contributed by atoms with Gasteiger partial charge in [0.2, 0.25) is 0 Å². The lowest BCUT2D eigenvalue weighted by molar-refractivity contribution is 0.0689. The molecule has 0 spiro atoms. The Morgan fingerprint density at radius 3 is 2.33 bits per heavy atom. The summed E-state index contributed by atoms with van der Waals surface area (Å²) in [5, 5.41) is 0. The molecule has 2 aromatic carbocycles. The van der Waals surface area contributed by atoms with Crippen LogP contribution in [0.15, 0.2) is 48.5 Å². The van der Waals surface area contributed by atoms with E-state index in [1.165, 1.54) is 0 Å². The van der Waals surface area contributed by atoms with Crippen LogP contribution < -0.4 is 0 Å². The molecule has 0 unspecified atom stereocenters. The SMILES string of the molecule is Cc1ccc(C)c(C(=O)N(Cc2ccccc2)C(C)C)c1. The molecular weight excluding hydrogens is 258 g/mol. The molecule has 0 aliphatic carbocycles. The Morgan fingerprint density at radius 2 is 1.71 bits per heavy atom. The predicted molar refractivity (Wildman–Crippen MR) is 87.4 cm³/mol. The molecule has 110 valence electrons. The first-order valence-electron chi connectivity index (χ1n) is 7.41. The van der Waals surface area contributed by atoms with Crippen molar-refractivity contribution in [2.24, 2.45) is 0 Å². The minimum atomic E-state index is 0.107. The topological polar surface area (TPSA) is 20.3 Å². The Balaban J connectivity index is 2.30. The van der Waals surface area contributed by atoms with E-state index in [2.05, 4.69) is 26.0 Å². The molecule has 0 atom stereocenters. The summed E-state index contributed by atoms with van der Waals surface area (Å²) >= 11 is 0. The van der Waals surface area contributed by atoms with Crippen molar-refractivity contribution in [1.82, 2.24) is 4.90 Å². The van der Waals surface area contributed by atoms with Crippen molar-refractivity contribution in [3.63, 3.8) is 0 Å².